The summed E-state index contributed by atoms with van der Waals surface area (Å²) in [5.74, 6) is 0.454. The second kappa shape index (κ2) is 6.47. The molecule has 1 aliphatic heterocycles. The molecule has 2 heterocycles. The number of nitrogens with zero attached hydrogens (tertiary/aromatic N) is 2. The summed E-state index contributed by atoms with van der Waals surface area (Å²) in [6, 6.07) is 3.22. The van der Waals surface area contributed by atoms with Crippen molar-refractivity contribution < 1.29 is 8.42 Å². The van der Waals surface area contributed by atoms with E-state index < -0.39 is 10.0 Å². The predicted octanol–water partition coefficient (Wildman–Crippen LogP) is 0.863. The number of sulfonamides is 1. The van der Waals surface area contributed by atoms with Crippen molar-refractivity contribution in [2.24, 2.45) is 11.7 Å². The van der Waals surface area contributed by atoms with Gasteiger partial charge in [0.1, 0.15) is 4.90 Å². The van der Waals surface area contributed by atoms with Crippen LogP contribution in [0.3, 0.4) is 0 Å². The second-order valence-corrected chi connectivity index (χ2v) is 6.21. The van der Waals surface area contributed by atoms with E-state index in [0.717, 1.165) is 12.8 Å². The zero-order valence-electron chi connectivity index (χ0n) is 10.0. The van der Waals surface area contributed by atoms with Crippen LogP contribution in [0, 0.1) is 5.92 Å². The summed E-state index contributed by atoms with van der Waals surface area (Å²) in [5, 5.41) is 0. The van der Waals surface area contributed by atoms with Crippen molar-refractivity contribution in [3.05, 3.63) is 24.5 Å². The molecule has 2 rings (SSSR count). The minimum absolute atomic E-state index is 0. The zero-order chi connectivity index (χ0) is 12.3. The number of nitrogens with two attached hydrogens (primary N) is 1. The minimum atomic E-state index is -3.36. The Kier molecular flexibility index (Phi) is 5.52. The summed E-state index contributed by atoms with van der Waals surface area (Å²) in [6.07, 6.45) is 4.65. The lowest BCUT2D eigenvalue weighted by Crippen LogP contribution is -2.40. The molecule has 102 valence electrons. The lowest BCUT2D eigenvalue weighted by Gasteiger charge is -2.30. The van der Waals surface area contributed by atoms with Crippen LogP contribution in [0.1, 0.15) is 12.8 Å². The first-order valence-corrected chi connectivity index (χ1v) is 7.19. The number of piperidine rings is 1. The third-order valence-electron chi connectivity index (χ3n) is 3.18. The van der Waals surface area contributed by atoms with Gasteiger partial charge in [-0.1, -0.05) is 0 Å². The third kappa shape index (κ3) is 3.20. The number of hydrogen-bond donors (Lipinski definition) is 1. The molecule has 1 saturated heterocycles. The van der Waals surface area contributed by atoms with E-state index >= 15 is 0 Å². The Hall–Kier alpha value is -0.690. The van der Waals surface area contributed by atoms with Gasteiger partial charge in [0.2, 0.25) is 10.0 Å². The Bertz CT molecular complexity index is 458. The highest BCUT2D eigenvalue weighted by Gasteiger charge is 2.28. The molecule has 0 aliphatic carbocycles. The predicted molar refractivity (Wildman–Crippen MR) is 72.0 cm³/mol. The minimum Gasteiger partial charge on any atom is -0.330 e. The first-order chi connectivity index (χ1) is 8.14. The van der Waals surface area contributed by atoms with Crippen LogP contribution >= 0.6 is 12.4 Å². The molecule has 0 spiro atoms. The van der Waals surface area contributed by atoms with Crippen molar-refractivity contribution in [1.82, 2.24) is 9.29 Å². The Morgan fingerprint density at radius 2 is 2.06 bits per heavy atom. The van der Waals surface area contributed by atoms with Gasteiger partial charge in [0.05, 0.1) is 0 Å². The van der Waals surface area contributed by atoms with Crippen molar-refractivity contribution in [3.63, 3.8) is 0 Å². The maximum atomic E-state index is 12.2. The van der Waals surface area contributed by atoms with Crippen LogP contribution in [0.4, 0.5) is 0 Å². The summed E-state index contributed by atoms with van der Waals surface area (Å²) in [7, 11) is -3.36. The van der Waals surface area contributed by atoms with Crippen molar-refractivity contribution in [2.45, 2.75) is 17.7 Å². The molecule has 7 heteroatoms. The SMILES string of the molecule is Cl.NCC1CCN(S(=O)(=O)c2cccnc2)CC1. The van der Waals surface area contributed by atoms with E-state index in [1.165, 1.54) is 10.5 Å². The van der Waals surface area contributed by atoms with Crippen LogP contribution in [-0.2, 0) is 10.0 Å². The fourth-order valence-electron chi connectivity index (χ4n) is 2.03. The second-order valence-electron chi connectivity index (χ2n) is 4.27. The van der Waals surface area contributed by atoms with E-state index in [2.05, 4.69) is 4.98 Å². The molecular weight excluding hydrogens is 274 g/mol. The van der Waals surface area contributed by atoms with Gasteiger partial charge >= 0.3 is 0 Å². The topological polar surface area (TPSA) is 76.3 Å². The molecule has 0 saturated carbocycles. The highest BCUT2D eigenvalue weighted by Crippen LogP contribution is 2.22. The maximum absolute atomic E-state index is 12.2. The van der Waals surface area contributed by atoms with Gasteiger partial charge in [0, 0.05) is 25.5 Å². The number of pyridine rings is 1. The van der Waals surface area contributed by atoms with Crippen LogP contribution in [0.15, 0.2) is 29.4 Å². The molecule has 0 bridgehead atoms. The van der Waals surface area contributed by atoms with Gasteiger partial charge in [-0.3, -0.25) is 4.98 Å². The van der Waals surface area contributed by atoms with Crippen LogP contribution in [0.5, 0.6) is 0 Å². The van der Waals surface area contributed by atoms with E-state index in [9.17, 15) is 8.42 Å². The fraction of sp³-hybridized carbons (Fsp3) is 0.545. The van der Waals surface area contributed by atoms with Crippen molar-refractivity contribution in [2.75, 3.05) is 19.6 Å². The van der Waals surface area contributed by atoms with Crippen molar-refractivity contribution >= 4 is 22.4 Å². The van der Waals surface area contributed by atoms with Gasteiger partial charge in [0.25, 0.3) is 0 Å². The summed E-state index contributed by atoms with van der Waals surface area (Å²) < 4.78 is 26.0. The Labute approximate surface area is 114 Å². The van der Waals surface area contributed by atoms with Gasteiger partial charge in [-0.25, -0.2) is 8.42 Å². The van der Waals surface area contributed by atoms with Crippen molar-refractivity contribution in [3.8, 4) is 0 Å². The van der Waals surface area contributed by atoms with Gasteiger partial charge in [-0.05, 0) is 37.4 Å². The van der Waals surface area contributed by atoms with E-state index in [4.69, 9.17) is 5.73 Å². The lowest BCUT2D eigenvalue weighted by molar-refractivity contribution is 0.278. The average molecular weight is 292 g/mol. The molecule has 1 fully saturated rings. The fourth-order valence-corrected chi connectivity index (χ4v) is 3.47. The molecule has 1 aliphatic rings. The molecule has 0 unspecified atom stereocenters. The van der Waals surface area contributed by atoms with E-state index in [0.29, 0.717) is 25.6 Å². The van der Waals surface area contributed by atoms with Crippen LogP contribution in [-0.4, -0.2) is 37.3 Å². The summed E-state index contributed by atoms with van der Waals surface area (Å²) >= 11 is 0. The Balaban J connectivity index is 0.00000162. The zero-order valence-corrected chi connectivity index (χ0v) is 11.7. The number of aromatic nitrogens is 1. The maximum Gasteiger partial charge on any atom is 0.244 e. The molecule has 5 nitrogen and oxygen atoms in total. The number of rotatable bonds is 3. The van der Waals surface area contributed by atoms with Crippen LogP contribution < -0.4 is 5.73 Å². The monoisotopic (exact) mass is 291 g/mol. The van der Waals surface area contributed by atoms with E-state index in [-0.39, 0.29) is 17.3 Å². The van der Waals surface area contributed by atoms with E-state index in [1.807, 2.05) is 0 Å². The molecule has 2 N–H and O–H groups in total. The normalized spacial score (nSPS) is 18.3. The van der Waals surface area contributed by atoms with Crippen molar-refractivity contribution in [1.29, 1.82) is 0 Å². The van der Waals surface area contributed by atoms with Gasteiger partial charge in [0.15, 0.2) is 0 Å². The van der Waals surface area contributed by atoms with Gasteiger partial charge in [-0.2, -0.15) is 4.31 Å². The molecule has 0 aromatic carbocycles. The first kappa shape index (κ1) is 15.4. The summed E-state index contributed by atoms with van der Waals surface area (Å²) in [4.78, 5) is 4.12. The quantitative estimate of drug-likeness (QED) is 0.896. The molecule has 1 aromatic heterocycles. The molecule has 1 aromatic rings. The largest absolute Gasteiger partial charge is 0.330 e. The summed E-state index contributed by atoms with van der Waals surface area (Å²) in [5.41, 5.74) is 5.59. The van der Waals surface area contributed by atoms with Gasteiger partial charge in [-0.15, -0.1) is 12.4 Å². The average Bonchev–Trinajstić information content (AvgIpc) is 2.40. The smallest absolute Gasteiger partial charge is 0.244 e. The molecule has 18 heavy (non-hydrogen) atoms. The molecule has 0 radical (unpaired) electrons. The Morgan fingerprint density at radius 3 is 2.56 bits per heavy atom. The highest BCUT2D eigenvalue weighted by atomic mass is 35.5. The van der Waals surface area contributed by atoms with E-state index in [1.54, 1.807) is 18.3 Å². The highest BCUT2D eigenvalue weighted by molar-refractivity contribution is 7.89. The number of halogens is 1. The lowest BCUT2D eigenvalue weighted by atomic mass is 9.99. The van der Waals surface area contributed by atoms with Gasteiger partial charge < -0.3 is 5.73 Å². The molecular formula is C11H18ClN3O2S. The third-order valence-corrected chi connectivity index (χ3v) is 5.06. The molecule has 0 atom stereocenters. The number of hydrogen-bond acceptors (Lipinski definition) is 4. The summed E-state index contributed by atoms with van der Waals surface area (Å²) in [6.45, 7) is 1.75. The van der Waals surface area contributed by atoms with Crippen LogP contribution in [0.2, 0.25) is 0 Å². The Morgan fingerprint density at radius 1 is 1.39 bits per heavy atom. The standard InChI is InChI=1S/C11H17N3O2S.ClH/c12-8-10-3-6-14(7-4-10)17(15,16)11-2-1-5-13-9-11;/h1-2,5,9-10H,3-4,6-8,12H2;1H. The first-order valence-electron chi connectivity index (χ1n) is 5.75. The molecule has 0 amide bonds. The van der Waals surface area contributed by atoms with Crippen LogP contribution in [0.25, 0.3) is 0 Å².